The highest BCUT2D eigenvalue weighted by molar-refractivity contribution is 7.99. The fourth-order valence-corrected chi connectivity index (χ4v) is 2.52. The Balaban J connectivity index is 0. The Labute approximate surface area is 129 Å². The molecule has 1 unspecified atom stereocenters. The van der Waals surface area contributed by atoms with Gasteiger partial charge < -0.3 is 10.6 Å². The molecule has 3 nitrogen and oxygen atoms in total. The van der Waals surface area contributed by atoms with Gasteiger partial charge in [0, 0.05) is 31.8 Å². The number of nitrogens with two attached hydrogens (primary N) is 1. The zero-order valence-electron chi connectivity index (χ0n) is 12.9. The van der Waals surface area contributed by atoms with E-state index < -0.39 is 0 Å². The lowest BCUT2D eigenvalue weighted by atomic mass is 10.0. The highest BCUT2D eigenvalue weighted by Gasteiger charge is 2.12. The summed E-state index contributed by atoms with van der Waals surface area (Å²) in [6, 6.07) is 0.194. The maximum Gasteiger partial charge on any atom is 0.223 e. The van der Waals surface area contributed by atoms with E-state index in [4.69, 9.17) is 5.73 Å². The van der Waals surface area contributed by atoms with Crippen molar-refractivity contribution in [2.45, 2.75) is 52.5 Å². The Morgan fingerprint density at radius 2 is 1.95 bits per heavy atom. The molecule has 2 N–H and O–H groups in total. The number of rotatable bonds is 10. The Morgan fingerprint density at radius 3 is 2.47 bits per heavy atom. The van der Waals surface area contributed by atoms with Crippen LogP contribution >= 0.6 is 24.2 Å². The molecular formula is C14H31ClN2OS. The molecule has 19 heavy (non-hydrogen) atoms. The number of halogens is 1. The molecule has 0 aliphatic rings. The number of thioether (sulfide) groups is 1. The molecule has 116 valence electrons. The number of hydrogen-bond acceptors (Lipinski definition) is 3. The summed E-state index contributed by atoms with van der Waals surface area (Å²) in [5, 5.41) is 0. The molecule has 0 radical (unpaired) electrons. The van der Waals surface area contributed by atoms with E-state index in [0.29, 0.717) is 12.3 Å². The minimum Gasteiger partial charge on any atom is -0.346 e. The topological polar surface area (TPSA) is 46.3 Å². The number of unbranched alkanes of at least 4 members (excludes halogenated alkanes) is 1. The quantitative estimate of drug-likeness (QED) is 0.630. The van der Waals surface area contributed by atoms with Gasteiger partial charge in [0.25, 0.3) is 0 Å². The summed E-state index contributed by atoms with van der Waals surface area (Å²) in [4.78, 5) is 13.7. The lowest BCUT2D eigenvalue weighted by Gasteiger charge is -2.21. The molecule has 0 saturated carbocycles. The third-order valence-corrected chi connectivity index (χ3v) is 4.25. The molecule has 0 aromatic heterocycles. The first-order valence-electron chi connectivity index (χ1n) is 7.06. The maximum absolute atomic E-state index is 11.8. The molecule has 0 aromatic rings. The van der Waals surface area contributed by atoms with Gasteiger partial charge in [-0.2, -0.15) is 11.8 Å². The van der Waals surface area contributed by atoms with Crippen molar-refractivity contribution in [1.82, 2.24) is 4.90 Å². The summed E-state index contributed by atoms with van der Waals surface area (Å²) in [6.07, 6.45) is 4.02. The van der Waals surface area contributed by atoms with Crippen molar-refractivity contribution in [1.29, 1.82) is 0 Å². The van der Waals surface area contributed by atoms with Gasteiger partial charge in [-0.3, -0.25) is 4.79 Å². The van der Waals surface area contributed by atoms with Crippen LogP contribution < -0.4 is 5.73 Å². The van der Waals surface area contributed by atoms with E-state index >= 15 is 0 Å². The van der Waals surface area contributed by atoms with Crippen molar-refractivity contribution in [3.8, 4) is 0 Å². The van der Waals surface area contributed by atoms with Crippen molar-refractivity contribution in [3.05, 3.63) is 0 Å². The predicted molar refractivity (Wildman–Crippen MR) is 89.2 cm³/mol. The first kappa shape index (κ1) is 21.4. The number of carbonyl (C=O) groups is 1. The Bertz CT molecular complexity index is 227. The summed E-state index contributed by atoms with van der Waals surface area (Å²) in [7, 11) is 1.88. The highest BCUT2D eigenvalue weighted by atomic mass is 35.5. The standard InChI is InChI=1S/C14H30N2OS.ClH/c1-5-6-10-18-11-8-14(17)16(4)9-7-13(15)12(2)3;/h12-13H,5-11,15H2,1-4H3;1H. The third kappa shape index (κ3) is 11.6. The van der Waals surface area contributed by atoms with Crippen LogP contribution in [0, 0.1) is 5.92 Å². The van der Waals surface area contributed by atoms with Crippen LogP contribution in [0.5, 0.6) is 0 Å². The smallest absolute Gasteiger partial charge is 0.223 e. The van der Waals surface area contributed by atoms with Crippen LogP contribution in [0.3, 0.4) is 0 Å². The van der Waals surface area contributed by atoms with Gasteiger partial charge in [0.1, 0.15) is 0 Å². The van der Waals surface area contributed by atoms with Gasteiger partial charge in [0.2, 0.25) is 5.91 Å². The van der Waals surface area contributed by atoms with Crippen LogP contribution in [0.4, 0.5) is 0 Å². The van der Waals surface area contributed by atoms with Crippen molar-refractivity contribution < 1.29 is 4.79 Å². The van der Waals surface area contributed by atoms with Crippen LogP contribution in [0.2, 0.25) is 0 Å². The van der Waals surface area contributed by atoms with Crippen molar-refractivity contribution in [2.24, 2.45) is 11.7 Å². The van der Waals surface area contributed by atoms with Crippen LogP contribution in [0.25, 0.3) is 0 Å². The first-order chi connectivity index (χ1) is 8.49. The van der Waals surface area contributed by atoms with Crippen molar-refractivity contribution >= 4 is 30.1 Å². The first-order valence-corrected chi connectivity index (χ1v) is 8.21. The fourth-order valence-electron chi connectivity index (χ4n) is 1.50. The molecule has 5 heteroatoms. The molecule has 0 aliphatic heterocycles. The number of amides is 1. The Morgan fingerprint density at radius 1 is 1.32 bits per heavy atom. The highest BCUT2D eigenvalue weighted by Crippen LogP contribution is 2.08. The van der Waals surface area contributed by atoms with E-state index in [-0.39, 0.29) is 24.4 Å². The average molecular weight is 311 g/mol. The SMILES string of the molecule is CCCCSCCC(=O)N(C)CCC(N)C(C)C.Cl. The Hall–Kier alpha value is 0.0700. The molecule has 0 aliphatic carbocycles. The fraction of sp³-hybridized carbons (Fsp3) is 0.929. The molecule has 0 fully saturated rings. The minimum atomic E-state index is 0. The van der Waals surface area contributed by atoms with Gasteiger partial charge in [-0.15, -0.1) is 12.4 Å². The zero-order chi connectivity index (χ0) is 14.0. The number of nitrogens with zero attached hydrogens (tertiary/aromatic N) is 1. The van der Waals surface area contributed by atoms with E-state index in [1.54, 1.807) is 0 Å². The molecule has 0 saturated heterocycles. The summed E-state index contributed by atoms with van der Waals surface area (Å²) in [6.45, 7) is 7.21. The summed E-state index contributed by atoms with van der Waals surface area (Å²) < 4.78 is 0. The molecule has 0 rings (SSSR count). The second kappa shape index (κ2) is 13.1. The van der Waals surface area contributed by atoms with E-state index in [0.717, 1.165) is 18.7 Å². The van der Waals surface area contributed by atoms with Gasteiger partial charge in [0.15, 0.2) is 0 Å². The van der Waals surface area contributed by atoms with E-state index in [2.05, 4.69) is 20.8 Å². The zero-order valence-corrected chi connectivity index (χ0v) is 14.5. The summed E-state index contributed by atoms with van der Waals surface area (Å²) in [5.74, 6) is 2.85. The lowest BCUT2D eigenvalue weighted by molar-refractivity contribution is -0.129. The Kier molecular flexibility index (Phi) is 14.7. The molecule has 0 aromatic carbocycles. The van der Waals surface area contributed by atoms with Crippen LogP contribution in [0.1, 0.15) is 46.5 Å². The second-order valence-corrected chi connectivity index (χ2v) is 6.45. The van der Waals surface area contributed by atoms with Crippen LogP contribution in [-0.4, -0.2) is 41.9 Å². The van der Waals surface area contributed by atoms with E-state index in [1.807, 2.05) is 23.7 Å². The maximum atomic E-state index is 11.8. The van der Waals surface area contributed by atoms with Gasteiger partial charge >= 0.3 is 0 Å². The second-order valence-electron chi connectivity index (χ2n) is 5.23. The van der Waals surface area contributed by atoms with Crippen LogP contribution in [0.15, 0.2) is 0 Å². The van der Waals surface area contributed by atoms with Gasteiger partial charge in [-0.25, -0.2) is 0 Å². The molecule has 1 amide bonds. The predicted octanol–water partition coefficient (Wildman–Crippen LogP) is 3.16. The van der Waals surface area contributed by atoms with Gasteiger partial charge in [-0.05, 0) is 24.5 Å². The lowest BCUT2D eigenvalue weighted by Crippen LogP contribution is -2.34. The number of carbonyl (C=O) groups excluding carboxylic acids is 1. The average Bonchev–Trinajstić information content (AvgIpc) is 2.34. The van der Waals surface area contributed by atoms with Crippen molar-refractivity contribution in [3.63, 3.8) is 0 Å². The van der Waals surface area contributed by atoms with E-state index in [9.17, 15) is 4.79 Å². The molecule has 0 spiro atoms. The van der Waals surface area contributed by atoms with Gasteiger partial charge in [0.05, 0.1) is 0 Å². The molecule has 1 atom stereocenters. The largest absolute Gasteiger partial charge is 0.346 e. The third-order valence-electron chi connectivity index (χ3n) is 3.18. The summed E-state index contributed by atoms with van der Waals surface area (Å²) in [5.41, 5.74) is 5.98. The molecule has 0 bridgehead atoms. The molecular weight excluding hydrogens is 280 g/mol. The number of hydrogen-bond donors (Lipinski definition) is 1. The minimum absolute atomic E-state index is 0. The molecule has 0 heterocycles. The van der Waals surface area contributed by atoms with Gasteiger partial charge in [-0.1, -0.05) is 27.2 Å². The van der Waals surface area contributed by atoms with Crippen LogP contribution in [-0.2, 0) is 4.79 Å². The summed E-state index contributed by atoms with van der Waals surface area (Å²) >= 11 is 1.88. The normalized spacial score (nSPS) is 12.1. The monoisotopic (exact) mass is 310 g/mol. The van der Waals surface area contributed by atoms with E-state index in [1.165, 1.54) is 18.6 Å². The van der Waals surface area contributed by atoms with Crippen molar-refractivity contribution in [2.75, 3.05) is 25.1 Å².